The van der Waals surface area contributed by atoms with Gasteiger partial charge < -0.3 is 9.84 Å². The van der Waals surface area contributed by atoms with E-state index in [-0.39, 0.29) is 12.0 Å². The zero-order valence-electron chi connectivity index (χ0n) is 12.9. The van der Waals surface area contributed by atoms with Gasteiger partial charge in [-0.1, -0.05) is 33.1 Å². The Morgan fingerprint density at radius 3 is 2.50 bits per heavy atom. The second kappa shape index (κ2) is 6.90. The summed E-state index contributed by atoms with van der Waals surface area (Å²) < 4.78 is 6.12. The van der Waals surface area contributed by atoms with Gasteiger partial charge in [0.15, 0.2) is 0 Å². The number of carbonyl (C=O) groups is 1. The number of ether oxygens (including phenoxy) is 1. The number of nitrogens with one attached hydrogen (secondary N) is 1. The summed E-state index contributed by atoms with van der Waals surface area (Å²) in [5.74, 6) is 0.102. The van der Waals surface area contributed by atoms with Gasteiger partial charge in [-0.25, -0.2) is 0 Å². The van der Waals surface area contributed by atoms with Crippen LogP contribution in [0.2, 0.25) is 0 Å². The molecule has 2 rings (SSSR count). The first-order valence-electron chi connectivity index (χ1n) is 8.24. The predicted octanol–water partition coefficient (Wildman–Crippen LogP) is 2.81. The molecule has 0 aliphatic heterocycles. The van der Waals surface area contributed by atoms with Crippen LogP contribution in [-0.4, -0.2) is 35.9 Å². The van der Waals surface area contributed by atoms with Gasteiger partial charge in [0.1, 0.15) is 5.54 Å². The minimum absolute atomic E-state index is 0.239. The smallest absolute Gasteiger partial charge is 0.326 e. The van der Waals surface area contributed by atoms with Gasteiger partial charge in [-0.2, -0.15) is 0 Å². The maximum atomic E-state index is 11.8. The van der Waals surface area contributed by atoms with Crippen LogP contribution < -0.4 is 5.32 Å². The van der Waals surface area contributed by atoms with Crippen LogP contribution in [0, 0.1) is 11.8 Å². The van der Waals surface area contributed by atoms with Crippen LogP contribution >= 0.6 is 0 Å². The molecule has 2 aliphatic carbocycles. The van der Waals surface area contributed by atoms with Gasteiger partial charge in [-0.05, 0) is 44.1 Å². The van der Waals surface area contributed by atoms with Crippen molar-refractivity contribution >= 4 is 5.97 Å². The summed E-state index contributed by atoms with van der Waals surface area (Å²) in [4.78, 5) is 11.8. The average Bonchev–Trinajstić information content (AvgIpc) is 3.28. The van der Waals surface area contributed by atoms with Crippen molar-refractivity contribution in [2.24, 2.45) is 11.8 Å². The Morgan fingerprint density at radius 1 is 1.25 bits per heavy atom. The fourth-order valence-corrected chi connectivity index (χ4v) is 3.62. The van der Waals surface area contributed by atoms with Crippen molar-refractivity contribution in [3.05, 3.63) is 0 Å². The number of carboxylic acids is 1. The molecule has 0 spiro atoms. The van der Waals surface area contributed by atoms with Gasteiger partial charge in [0, 0.05) is 0 Å². The van der Waals surface area contributed by atoms with E-state index >= 15 is 0 Å². The zero-order valence-corrected chi connectivity index (χ0v) is 12.9. The average molecular weight is 283 g/mol. The van der Waals surface area contributed by atoms with E-state index < -0.39 is 11.5 Å². The molecular formula is C16H29NO3. The van der Waals surface area contributed by atoms with E-state index in [1.165, 1.54) is 19.3 Å². The molecule has 3 atom stereocenters. The van der Waals surface area contributed by atoms with Crippen molar-refractivity contribution in [2.75, 3.05) is 13.2 Å². The van der Waals surface area contributed by atoms with Crippen LogP contribution in [0.4, 0.5) is 0 Å². The molecule has 2 N–H and O–H groups in total. The molecule has 0 saturated heterocycles. The van der Waals surface area contributed by atoms with Crippen LogP contribution in [0.1, 0.15) is 58.8 Å². The number of hydrogen-bond acceptors (Lipinski definition) is 3. The van der Waals surface area contributed by atoms with E-state index in [2.05, 4.69) is 12.2 Å². The number of aliphatic carboxylic acids is 1. The lowest BCUT2D eigenvalue weighted by Gasteiger charge is -2.36. The molecule has 0 aromatic rings. The summed E-state index contributed by atoms with van der Waals surface area (Å²) in [7, 11) is 0. The molecule has 0 heterocycles. The lowest BCUT2D eigenvalue weighted by atomic mass is 9.84. The SMILES string of the molecule is CCNC(COC1CCCCC1CC)(C(=O)O)C1CC1. The molecule has 0 amide bonds. The lowest BCUT2D eigenvalue weighted by Crippen LogP contribution is -2.58. The van der Waals surface area contributed by atoms with Crippen molar-refractivity contribution in [1.82, 2.24) is 5.32 Å². The maximum Gasteiger partial charge on any atom is 0.326 e. The van der Waals surface area contributed by atoms with Gasteiger partial charge in [0.2, 0.25) is 0 Å². The normalized spacial score (nSPS) is 29.9. The zero-order chi connectivity index (χ0) is 14.6. The highest BCUT2D eigenvalue weighted by Crippen LogP contribution is 2.41. The number of carboxylic acid groups (broad SMARTS) is 1. The second-order valence-corrected chi connectivity index (χ2v) is 6.38. The Hall–Kier alpha value is -0.610. The minimum Gasteiger partial charge on any atom is -0.480 e. The van der Waals surface area contributed by atoms with Crippen molar-refractivity contribution in [1.29, 1.82) is 0 Å². The highest BCUT2D eigenvalue weighted by atomic mass is 16.5. The fraction of sp³-hybridized carbons (Fsp3) is 0.938. The molecule has 0 radical (unpaired) electrons. The molecule has 0 aromatic carbocycles. The van der Waals surface area contributed by atoms with Crippen molar-refractivity contribution in [3.8, 4) is 0 Å². The predicted molar refractivity (Wildman–Crippen MR) is 78.8 cm³/mol. The Balaban J connectivity index is 1.98. The lowest BCUT2D eigenvalue weighted by molar-refractivity contribution is -0.151. The first-order chi connectivity index (χ1) is 9.64. The third-order valence-electron chi connectivity index (χ3n) is 5.04. The summed E-state index contributed by atoms with van der Waals surface area (Å²) in [6.07, 6.45) is 8.22. The molecule has 2 aliphatic rings. The molecule has 116 valence electrons. The number of hydrogen-bond donors (Lipinski definition) is 2. The Bertz CT molecular complexity index is 330. The van der Waals surface area contributed by atoms with Gasteiger partial charge in [0.05, 0.1) is 12.7 Å². The molecule has 0 bridgehead atoms. The topological polar surface area (TPSA) is 58.6 Å². The van der Waals surface area contributed by atoms with Gasteiger partial charge >= 0.3 is 5.97 Å². The van der Waals surface area contributed by atoms with E-state index in [0.29, 0.717) is 19.1 Å². The van der Waals surface area contributed by atoms with E-state index in [1.54, 1.807) is 0 Å². The van der Waals surface area contributed by atoms with Crippen LogP contribution in [0.3, 0.4) is 0 Å². The number of likely N-dealkylation sites (N-methyl/N-ethyl adjacent to an activating group) is 1. The highest BCUT2D eigenvalue weighted by Gasteiger charge is 2.51. The van der Waals surface area contributed by atoms with Crippen LogP contribution in [0.15, 0.2) is 0 Å². The van der Waals surface area contributed by atoms with Gasteiger partial charge in [-0.3, -0.25) is 10.1 Å². The van der Waals surface area contributed by atoms with E-state index in [1.807, 2.05) is 6.92 Å². The van der Waals surface area contributed by atoms with Crippen LogP contribution in [0.5, 0.6) is 0 Å². The van der Waals surface area contributed by atoms with E-state index in [4.69, 9.17) is 4.74 Å². The number of rotatable bonds is 8. The third-order valence-corrected chi connectivity index (χ3v) is 5.04. The van der Waals surface area contributed by atoms with Crippen molar-refractivity contribution in [3.63, 3.8) is 0 Å². The van der Waals surface area contributed by atoms with Crippen molar-refractivity contribution in [2.45, 2.75) is 70.4 Å². The Labute approximate surface area is 122 Å². The van der Waals surface area contributed by atoms with Crippen LogP contribution in [0.25, 0.3) is 0 Å². The molecule has 20 heavy (non-hydrogen) atoms. The van der Waals surface area contributed by atoms with Crippen LogP contribution in [-0.2, 0) is 9.53 Å². The summed E-state index contributed by atoms with van der Waals surface area (Å²) in [5, 5.41) is 12.9. The van der Waals surface area contributed by atoms with Gasteiger partial charge in [0.25, 0.3) is 0 Å². The third kappa shape index (κ3) is 3.34. The first kappa shape index (κ1) is 15.8. The van der Waals surface area contributed by atoms with Crippen molar-refractivity contribution < 1.29 is 14.6 Å². The minimum atomic E-state index is -0.857. The Kier molecular flexibility index (Phi) is 5.44. The molecule has 2 saturated carbocycles. The molecule has 3 unspecified atom stereocenters. The van der Waals surface area contributed by atoms with E-state index in [0.717, 1.165) is 25.7 Å². The first-order valence-corrected chi connectivity index (χ1v) is 8.24. The molecule has 0 aromatic heterocycles. The second-order valence-electron chi connectivity index (χ2n) is 6.38. The summed E-state index contributed by atoms with van der Waals surface area (Å²) >= 11 is 0. The molecule has 2 fully saturated rings. The standard InChI is InChI=1S/C16H29NO3/c1-3-12-7-5-6-8-14(12)20-11-16(15(18)19,17-4-2)13-9-10-13/h12-14,17H,3-11H2,1-2H3,(H,18,19). The summed E-state index contributed by atoms with van der Waals surface area (Å²) in [6.45, 7) is 5.17. The quantitative estimate of drug-likeness (QED) is 0.719. The maximum absolute atomic E-state index is 11.8. The van der Waals surface area contributed by atoms with E-state index in [9.17, 15) is 9.90 Å². The summed E-state index contributed by atoms with van der Waals surface area (Å²) in [5.41, 5.74) is -0.857. The Morgan fingerprint density at radius 2 is 1.95 bits per heavy atom. The summed E-state index contributed by atoms with van der Waals surface area (Å²) in [6, 6.07) is 0. The highest BCUT2D eigenvalue weighted by molar-refractivity contribution is 5.80. The molecule has 4 heteroatoms. The molecular weight excluding hydrogens is 254 g/mol. The largest absolute Gasteiger partial charge is 0.480 e. The fourth-order valence-electron chi connectivity index (χ4n) is 3.62. The van der Waals surface area contributed by atoms with Gasteiger partial charge in [-0.15, -0.1) is 0 Å². The monoisotopic (exact) mass is 283 g/mol. The molecule has 4 nitrogen and oxygen atoms in total.